The quantitative estimate of drug-likeness (QED) is 0.424. The molecule has 0 bridgehead atoms. The van der Waals surface area contributed by atoms with Crippen LogP contribution in [0.1, 0.15) is 36.8 Å². The van der Waals surface area contributed by atoms with E-state index in [1.165, 1.54) is 24.8 Å². The zero-order valence-corrected chi connectivity index (χ0v) is 16.1. The second kappa shape index (κ2) is 9.68. The van der Waals surface area contributed by atoms with Gasteiger partial charge in [0.1, 0.15) is 5.75 Å². The molecule has 2 aromatic carbocycles. The maximum Gasteiger partial charge on any atom is 0.270 e. The van der Waals surface area contributed by atoms with Gasteiger partial charge in [-0.2, -0.15) is 5.10 Å². The Balaban J connectivity index is 1.66. The van der Waals surface area contributed by atoms with Crippen LogP contribution in [0, 0.1) is 10.1 Å². The summed E-state index contributed by atoms with van der Waals surface area (Å²) in [5.41, 5.74) is 4.61. The first-order chi connectivity index (χ1) is 14.0. The van der Waals surface area contributed by atoms with E-state index in [2.05, 4.69) is 15.4 Å². The number of nitrogens with one attached hydrogen (secondary N) is 1. The van der Waals surface area contributed by atoms with Crippen molar-refractivity contribution in [3.8, 4) is 5.75 Å². The van der Waals surface area contributed by atoms with Gasteiger partial charge in [-0.1, -0.05) is 18.2 Å². The number of benzene rings is 2. The van der Waals surface area contributed by atoms with Crippen LogP contribution in [0.15, 0.2) is 47.6 Å². The first-order valence-electron chi connectivity index (χ1n) is 9.67. The van der Waals surface area contributed by atoms with Gasteiger partial charge in [0.05, 0.1) is 11.1 Å². The van der Waals surface area contributed by atoms with Crippen molar-refractivity contribution in [1.29, 1.82) is 0 Å². The molecule has 0 unspecified atom stereocenters. The number of nitro benzene ring substituents is 1. The molecule has 2 aromatic rings. The maximum atomic E-state index is 12.1. The number of hydrazone groups is 1. The molecule has 0 spiro atoms. The number of anilines is 1. The van der Waals surface area contributed by atoms with Gasteiger partial charge in [-0.25, -0.2) is 5.43 Å². The Kier molecular flexibility index (Phi) is 6.78. The van der Waals surface area contributed by atoms with Crippen molar-refractivity contribution in [3.05, 3.63) is 63.7 Å². The first kappa shape index (κ1) is 20.3. The highest BCUT2D eigenvalue weighted by molar-refractivity contribution is 5.90. The molecule has 1 fully saturated rings. The molecule has 1 aliphatic heterocycles. The van der Waals surface area contributed by atoms with Gasteiger partial charge in [-0.3, -0.25) is 14.9 Å². The third-order valence-electron chi connectivity index (χ3n) is 4.92. The van der Waals surface area contributed by atoms with Crippen LogP contribution in [-0.4, -0.2) is 35.2 Å². The minimum Gasteiger partial charge on any atom is -0.508 e. The van der Waals surface area contributed by atoms with Gasteiger partial charge in [-0.05, 0) is 43.4 Å². The Morgan fingerprint density at radius 2 is 1.97 bits per heavy atom. The summed E-state index contributed by atoms with van der Waals surface area (Å²) < 4.78 is 0. The van der Waals surface area contributed by atoms with Crippen molar-refractivity contribution in [1.82, 2.24) is 5.43 Å². The number of non-ortho nitro benzene ring substituents is 1. The van der Waals surface area contributed by atoms with E-state index in [4.69, 9.17) is 0 Å². The fraction of sp³-hybridized carbons (Fsp3) is 0.333. The summed E-state index contributed by atoms with van der Waals surface area (Å²) >= 11 is 0. The predicted octanol–water partition coefficient (Wildman–Crippen LogP) is 3.37. The smallest absolute Gasteiger partial charge is 0.270 e. The Hall–Kier alpha value is -3.42. The molecule has 2 N–H and O–H groups in total. The molecule has 1 heterocycles. The molecule has 0 aromatic heterocycles. The number of phenolic OH excluding ortho intramolecular Hbond substituents is 1. The third kappa shape index (κ3) is 5.54. The van der Waals surface area contributed by atoms with Crippen LogP contribution in [0.25, 0.3) is 0 Å². The van der Waals surface area contributed by atoms with E-state index < -0.39 is 4.92 Å². The highest BCUT2D eigenvalue weighted by Gasteiger charge is 2.17. The van der Waals surface area contributed by atoms with E-state index in [0.29, 0.717) is 17.5 Å². The van der Waals surface area contributed by atoms with Gasteiger partial charge in [0, 0.05) is 42.9 Å². The number of nitrogens with zero attached hydrogens (tertiary/aromatic N) is 3. The van der Waals surface area contributed by atoms with E-state index in [0.717, 1.165) is 31.6 Å². The van der Waals surface area contributed by atoms with Crippen LogP contribution in [0.3, 0.4) is 0 Å². The Bertz CT molecular complexity index is 907. The number of hydrogen-bond acceptors (Lipinski definition) is 6. The Labute approximate surface area is 169 Å². The van der Waals surface area contributed by atoms with Crippen LogP contribution >= 0.6 is 0 Å². The topological polar surface area (TPSA) is 108 Å². The lowest BCUT2D eigenvalue weighted by Gasteiger charge is -2.29. The minimum absolute atomic E-state index is 0.0157. The lowest BCUT2D eigenvalue weighted by Crippen LogP contribution is -2.30. The van der Waals surface area contributed by atoms with E-state index in [1.54, 1.807) is 30.3 Å². The van der Waals surface area contributed by atoms with Crippen LogP contribution in [0.5, 0.6) is 5.75 Å². The molecule has 3 rings (SSSR count). The number of para-hydroxylation sites is 1. The first-order valence-corrected chi connectivity index (χ1v) is 9.67. The van der Waals surface area contributed by atoms with Crippen molar-refractivity contribution in [2.75, 3.05) is 18.0 Å². The summed E-state index contributed by atoms with van der Waals surface area (Å²) in [5.74, 6) is -0.138. The Morgan fingerprint density at radius 1 is 1.21 bits per heavy atom. The number of aryl methyl sites for hydroxylation is 1. The molecule has 0 saturated carbocycles. The molecule has 152 valence electrons. The summed E-state index contributed by atoms with van der Waals surface area (Å²) in [6.07, 6.45) is 5.36. The number of amides is 1. The summed E-state index contributed by atoms with van der Waals surface area (Å²) in [6, 6.07) is 11.6. The highest BCUT2D eigenvalue weighted by atomic mass is 16.6. The standard InChI is InChI=1S/C21H24N4O4/c26-20-7-3-2-6-16(20)8-11-21(27)23-22-15-17-14-18(25(28)29)9-10-19(17)24-12-4-1-5-13-24/h2-3,6-7,9-10,14-15,26H,1,4-5,8,11-13H2,(H,23,27)/b22-15-. The van der Waals surface area contributed by atoms with Crippen molar-refractivity contribution < 1.29 is 14.8 Å². The van der Waals surface area contributed by atoms with Gasteiger partial charge < -0.3 is 10.0 Å². The summed E-state index contributed by atoms with van der Waals surface area (Å²) in [4.78, 5) is 24.9. The second-order valence-corrected chi connectivity index (χ2v) is 6.97. The molecule has 8 nitrogen and oxygen atoms in total. The number of carbonyl (C=O) groups is 1. The fourth-order valence-corrected chi connectivity index (χ4v) is 3.38. The molecule has 0 atom stereocenters. The zero-order valence-electron chi connectivity index (χ0n) is 16.1. The molecule has 0 aliphatic carbocycles. The van der Waals surface area contributed by atoms with E-state index in [-0.39, 0.29) is 23.8 Å². The number of hydrogen-bond donors (Lipinski definition) is 2. The van der Waals surface area contributed by atoms with Gasteiger partial charge in [-0.15, -0.1) is 0 Å². The summed E-state index contributed by atoms with van der Waals surface area (Å²) in [6.45, 7) is 1.79. The Morgan fingerprint density at radius 3 is 2.69 bits per heavy atom. The molecule has 1 saturated heterocycles. The van der Waals surface area contributed by atoms with E-state index >= 15 is 0 Å². The average Bonchev–Trinajstić information content (AvgIpc) is 2.73. The van der Waals surface area contributed by atoms with Crippen LogP contribution < -0.4 is 10.3 Å². The van der Waals surface area contributed by atoms with Crippen molar-refractivity contribution >= 4 is 23.5 Å². The van der Waals surface area contributed by atoms with Gasteiger partial charge >= 0.3 is 0 Å². The van der Waals surface area contributed by atoms with Crippen LogP contribution in [0.4, 0.5) is 11.4 Å². The highest BCUT2D eigenvalue weighted by Crippen LogP contribution is 2.27. The van der Waals surface area contributed by atoms with Crippen molar-refractivity contribution in [3.63, 3.8) is 0 Å². The second-order valence-electron chi connectivity index (χ2n) is 6.97. The SMILES string of the molecule is O=C(CCc1ccccc1O)N/N=C\c1cc([N+](=O)[O-])ccc1N1CCCCC1. The monoisotopic (exact) mass is 396 g/mol. The summed E-state index contributed by atoms with van der Waals surface area (Å²) in [5, 5.41) is 24.9. The lowest BCUT2D eigenvalue weighted by molar-refractivity contribution is -0.384. The van der Waals surface area contributed by atoms with Crippen LogP contribution in [-0.2, 0) is 11.2 Å². The average molecular weight is 396 g/mol. The largest absolute Gasteiger partial charge is 0.508 e. The number of aromatic hydroxyl groups is 1. The van der Waals surface area contributed by atoms with Crippen molar-refractivity contribution in [2.24, 2.45) is 5.10 Å². The summed E-state index contributed by atoms with van der Waals surface area (Å²) in [7, 11) is 0. The molecule has 8 heteroatoms. The lowest BCUT2D eigenvalue weighted by atomic mass is 10.1. The number of carbonyl (C=O) groups excluding carboxylic acids is 1. The number of piperidine rings is 1. The fourth-order valence-electron chi connectivity index (χ4n) is 3.38. The number of phenols is 1. The number of rotatable bonds is 7. The molecular formula is C21H24N4O4. The van der Waals surface area contributed by atoms with E-state index in [9.17, 15) is 20.0 Å². The minimum atomic E-state index is -0.442. The molecular weight excluding hydrogens is 372 g/mol. The molecule has 0 radical (unpaired) electrons. The van der Waals surface area contributed by atoms with Gasteiger partial charge in [0.2, 0.25) is 5.91 Å². The van der Waals surface area contributed by atoms with Gasteiger partial charge in [0.25, 0.3) is 5.69 Å². The zero-order chi connectivity index (χ0) is 20.6. The van der Waals surface area contributed by atoms with E-state index in [1.807, 2.05) is 0 Å². The third-order valence-corrected chi connectivity index (χ3v) is 4.92. The molecule has 1 amide bonds. The van der Waals surface area contributed by atoms with Crippen molar-refractivity contribution in [2.45, 2.75) is 32.1 Å². The normalized spacial score (nSPS) is 14.1. The maximum absolute atomic E-state index is 12.1. The van der Waals surface area contributed by atoms with Gasteiger partial charge in [0.15, 0.2) is 0 Å². The molecule has 1 aliphatic rings. The predicted molar refractivity (Wildman–Crippen MR) is 111 cm³/mol. The molecule has 29 heavy (non-hydrogen) atoms. The van der Waals surface area contributed by atoms with Crippen LogP contribution in [0.2, 0.25) is 0 Å². The number of nitro groups is 1.